The van der Waals surface area contributed by atoms with Crippen molar-refractivity contribution in [2.75, 3.05) is 17.8 Å². The zero-order valence-corrected chi connectivity index (χ0v) is 16.8. The molecule has 0 radical (unpaired) electrons. The van der Waals surface area contributed by atoms with E-state index in [1.54, 1.807) is 11.8 Å². The maximum atomic E-state index is 13.4. The van der Waals surface area contributed by atoms with E-state index < -0.39 is 15.8 Å². The smallest absolute Gasteiger partial charge is 0.261 e. The number of sulfonamides is 1. The average molecular weight is 403 g/mol. The molecule has 0 spiro atoms. The Morgan fingerprint density at radius 1 is 1.25 bits per heavy atom. The first-order valence-electron chi connectivity index (χ1n) is 8.76. The summed E-state index contributed by atoms with van der Waals surface area (Å²) in [5, 5.41) is 8.93. The molecule has 0 heterocycles. The highest BCUT2D eigenvalue weighted by atomic mass is 32.2. The Kier molecular flexibility index (Phi) is 6.75. The lowest BCUT2D eigenvalue weighted by molar-refractivity contribution is 0.0752. The third-order valence-corrected chi connectivity index (χ3v) is 5.59. The number of nitrogens with one attached hydrogen (secondary N) is 1. The molecule has 28 heavy (non-hydrogen) atoms. The van der Waals surface area contributed by atoms with Gasteiger partial charge in [0.1, 0.15) is 5.82 Å². The van der Waals surface area contributed by atoms with Crippen LogP contribution in [-0.2, 0) is 10.0 Å². The van der Waals surface area contributed by atoms with Crippen molar-refractivity contribution in [1.82, 2.24) is 4.90 Å². The second-order valence-corrected chi connectivity index (χ2v) is 8.15. The van der Waals surface area contributed by atoms with Gasteiger partial charge in [0.2, 0.25) is 0 Å². The minimum absolute atomic E-state index is 0.0470. The van der Waals surface area contributed by atoms with Crippen molar-refractivity contribution < 1.29 is 17.6 Å². The van der Waals surface area contributed by atoms with Gasteiger partial charge in [0.05, 0.1) is 16.9 Å². The molecule has 0 aliphatic carbocycles. The lowest BCUT2D eigenvalue weighted by Crippen LogP contribution is -2.34. The highest BCUT2D eigenvalue weighted by Gasteiger charge is 2.18. The Morgan fingerprint density at radius 2 is 1.89 bits per heavy atom. The van der Waals surface area contributed by atoms with Gasteiger partial charge in [-0.25, -0.2) is 12.8 Å². The van der Waals surface area contributed by atoms with E-state index in [4.69, 9.17) is 5.26 Å². The van der Waals surface area contributed by atoms with Crippen molar-refractivity contribution in [3.8, 4) is 6.07 Å². The SMILES string of the molecule is CCN(CC(C)C#N)C(=O)c1ccc(NS(=O)(=O)c2ccc(F)c(C)c2)cc1. The minimum Gasteiger partial charge on any atom is -0.338 e. The first-order valence-corrected chi connectivity index (χ1v) is 10.2. The molecule has 2 aromatic carbocycles. The molecule has 0 aliphatic heterocycles. The summed E-state index contributed by atoms with van der Waals surface area (Å²) < 4.78 is 40.7. The van der Waals surface area contributed by atoms with Crippen LogP contribution in [0.15, 0.2) is 47.4 Å². The van der Waals surface area contributed by atoms with E-state index in [1.807, 2.05) is 6.92 Å². The number of carbonyl (C=O) groups is 1. The fourth-order valence-corrected chi connectivity index (χ4v) is 3.73. The Bertz CT molecular complexity index is 998. The number of anilines is 1. The molecular weight excluding hydrogens is 381 g/mol. The monoisotopic (exact) mass is 403 g/mol. The summed E-state index contributed by atoms with van der Waals surface area (Å²) in [6, 6.07) is 11.7. The number of rotatable bonds is 7. The van der Waals surface area contributed by atoms with Gasteiger partial charge in [-0.15, -0.1) is 0 Å². The molecule has 0 bridgehead atoms. The Balaban J connectivity index is 2.16. The third-order valence-electron chi connectivity index (χ3n) is 4.21. The first-order chi connectivity index (χ1) is 13.2. The molecule has 2 rings (SSSR count). The standard InChI is InChI=1S/C20H22FN3O3S/c1-4-24(13-14(2)12-22)20(25)16-5-7-17(8-6-16)23-28(26,27)18-9-10-19(21)15(3)11-18/h5-11,14,23H,4,13H2,1-3H3. The summed E-state index contributed by atoms with van der Waals surface area (Å²) in [7, 11) is -3.87. The fraction of sp³-hybridized carbons (Fsp3) is 0.300. The number of amides is 1. The van der Waals surface area contributed by atoms with Gasteiger partial charge < -0.3 is 4.90 Å². The number of halogens is 1. The summed E-state index contributed by atoms with van der Waals surface area (Å²) in [5.74, 6) is -0.990. The van der Waals surface area contributed by atoms with Crippen LogP contribution in [0, 0.1) is 30.0 Å². The largest absolute Gasteiger partial charge is 0.338 e. The van der Waals surface area contributed by atoms with Gasteiger partial charge in [-0.2, -0.15) is 5.26 Å². The molecule has 8 heteroatoms. The van der Waals surface area contributed by atoms with Crippen LogP contribution in [0.1, 0.15) is 29.8 Å². The molecule has 6 nitrogen and oxygen atoms in total. The molecule has 1 atom stereocenters. The van der Waals surface area contributed by atoms with Crippen LogP contribution in [0.5, 0.6) is 0 Å². The molecule has 0 aliphatic rings. The summed E-state index contributed by atoms with van der Waals surface area (Å²) >= 11 is 0. The van der Waals surface area contributed by atoms with Crippen molar-refractivity contribution in [2.45, 2.75) is 25.7 Å². The number of nitriles is 1. The van der Waals surface area contributed by atoms with E-state index >= 15 is 0 Å². The van der Waals surface area contributed by atoms with E-state index in [0.29, 0.717) is 18.7 Å². The highest BCUT2D eigenvalue weighted by Crippen LogP contribution is 2.19. The van der Waals surface area contributed by atoms with Gasteiger partial charge in [0.15, 0.2) is 0 Å². The van der Waals surface area contributed by atoms with E-state index in [-0.39, 0.29) is 28.0 Å². The van der Waals surface area contributed by atoms with E-state index in [0.717, 1.165) is 6.07 Å². The van der Waals surface area contributed by atoms with Crippen LogP contribution in [0.25, 0.3) is 0 Å². The number of aryl methyl sites for hydroxylation is 1. The maximum Gasteiger partial charge on any atom is 0.261 e. The molecular formula is C20H22FN3O3S. The second kappa shape index (κ2) is 8.85. The predicted octanol–water partition coefficient (Wildman–Crippen LogP) is 3.56. The summed E-state index contributed by atoms with van der Waals surface area (Å²) in [5.41, 5.74) is 0.912. The van der Waals surface area contributed by atoms with Crippen molar-refractivity contribution in [2.24, 2.45) is 5.92 Å². The number of carbonyl (C=O) groups excluding carboxylic acids is 1. The van der Waals surface area contributed by atoms with Crippen LogP contribution in [0.4, 0.5) is 10.1 Å². The quantitative estimate of drug-likeness (QED) is 0.765. The predicted molar refractivity (Wildman–Crippen MR) is 105 cm³/mol. The van der Waals surface area contributed by atoms with Gasteiger partial charge in [-0.05, 0) is 68.8 Å². The van der Waals surface area contributed by atoms with E-state index in [9.17, 15) is 17.6 Å². The Morgan fingerprint density at radius 3 is 2.43 bits per heavy atom. The molecule has 0 aromatic heterocycles. The Labute approximate surface area is 164 Å². The van der Waals surface area contributed by atoms with Crippen LogP contribution in [0.3, 0.4) is 0 Å². The molecule has 1 unspecified atom stereocenters. The van der Waals surface area contributed by atoms with Gasteiger partial charge in [0.25, 0.3) is 15.9 Å². The van der Waals surface area contributed by atoms with Crippen molar-refractivity contribution in [3.05, 3.63) is 59.4 Å². The third kappa shape index (κ3) is 5.08. The zero-order chi connectivity index (χ0) is 20.9. The number of hydrogen-bond acceptors (Lipinski definition) is 4. The normalized spacial score (nSPS) is 12.1. The van der Waals surface area contributed by atoms with E-state index in [2.05, 4.69) is 10.8 Å². The van der Waals surface area contributed by atoms with Crippen molar-refractivity contribution in [3.63, 3.8) is 0 Å². The van der Waals surface area contributed by atoms with Crippen LogP contribution in [0.2, 0.25) is 0 Å². The van der Waals surface area contributed by atoms with Crippen LogP contribution >= 0.6 is 0 Å². The topological polar surface area (TPSA) is 90.3 Å². The minimum atomic E-state index is -3.87. The summed E-state index contributed by atoms with van der Waals surface area (Å²) in [4.78, 5) is 14.1. The second-order valence-electron chi connectivity index (χ2n) is 6.47. The van der Waals surface area contributed by atoms with Gasteiger partial charge in [-0.1, -0.05) is 0 Å². The van der Waals surface area contributed by atoms with Crippen molar-refractivity contribution in [1.29, 1.82) is 5.26 Å². The van der Waals surface area contributed by atoms with Gasteiger partial charge in [-0.3, -0.25) is 9.52 Å². The molecule has 0 saturated carbocycles. The van der Waals surface area contributed by atoms with Gasteiger partial charge >= 0.3 is 0 Å². The molecule has 0 fully saturated rings. The van der Waals surface area contributed by atoms with Gasteiger partial charge in [0, 0.05) is 24.3 Å². The maximum absolute atomic E-state index is 13.4. The van der Waals surface area contributed by atoms with Crippen LogP contribution < -0.4 is 4.72 Å². The van der Waals surface area contributed by atoms with E-state index in [1.165, 1.54) is 43.3 Å². The molecule has 0 saturated heterocycles. The lowest BCUT2D eigenvalue weighted by atomic mass is 10.1. The fourth-order valence-electron chi connectivity index (χ4n) is 2.59. The molecule has 148 valence electrons. The van der Waals surface area contributed by atoms with Crippen molar-refractivity contribution >= 4 is 21.6 Å². The molecule has 2 aromatic rings. The highest BCUT2D eigenvalue weighted by molar-refractivity contribution is 7.92. The first kappa shape index (κ1) is 21.4. The zero-order valence-electron chi connectivity index (χ0n) is 15.9. The number of hydrogen-bond donors (Lipinski definition) is 1. The number of nitrogens with zero attached hydrogens (tertiary/aromatic N) is 2. The molecule has 1 N–H and O–H groups in total. The van der Waals surface area contributed by atoms with Crippen LogP contribution in [-0.4, -0.2) is 32.3 Å². The number of benzene rings is 2. The Hall–Kier alpha value is -2.92. The summed E-state index contributed by atoms with van der Waals surface area (Å²) in [6.07, 6.45) is 0. The molecule has 1 amide bonds. The average Bonchev–Trinajstić information content (AvgIpc) is 2.67. The lowest BCUT2D eigenvalue weighted by Gasteiger charge is -2.22. The summed E-state index contributed by atoms with van der Waals surface area (Å²) in [6.45, 7) is 5.84.